The van der Waals surface area contributed by atoms with Crippen molar-refractivity contribution in [2.24, 2.45) is 0 Å². The summed E-state index contributed by atoms with van der Waals surface area (Å²) in [6.45, 7) is 0.265. The van der Waals surface area contributed by atoms with Gasteiger partial charge in [0.05, 0.1) is 32.5 Å². The molecule has 2 heterocycles. The molecule has 0 saturated heterocycles. The third-order valence-corrected chi connectivity index (χ3v) is 6.97. The van der Waals surface area contributed by atoms with Crippen molar-refractivity contribution in [1.29, 1.82) is 0 Å². The number of fused-ring (bicyclic) bond motifs is 1. The number of benzene rings is 2. The van der Waals surface area contributed by atoms with E-state index in [2.05, 4.69) is 15.3 Å². The van der Waals surface area contributed by atoms with E-state index in [9.17, 15) is 9.18 Å². The van der Waals surface area contributed by atoms with Crippen LogP contribution in [0.2, 0.25) is 0 Å². The van der Waals surface area contributed by atoms with Crippen molar-refractivity contribution >= 4 is 39.2 Å². The number of ether oxygens (including phenoxy) is 3. The van der Waals surface area contributed by atoms with E-state index in [0.717, 1.165) is 26.9 Å². The molecule has 2 aromatic carbocycles. The molecule has 0 saturated carbocycles. The number of carbonyl (C=O) groups excluding carboxylic acids is 1. The van der Waals surface area contributed by atoms with Gasteiger partial charge in [-0.3, -0.25) is 4.79 Å². The Bertz CT molecular complexity index is 1310. The number of halogens is 1. The topological polar surface area (TPSA) is 82.6 Å². The molecule has 0 aliphatic rings. The number of methoxy groups -OCH3 is 3. The number of thiophene rings is 1. The molecule has 10 heteroatoms. The highest BCUT2D eigenvalue weighted by atomic mass is 32.2. The van der Waals surface area contributed by atoms with E-state index in [1.807, 2.05) is 5.38 Å². The van der Waals surface area contributed by atoms with Gasteiger partial charge >= 0.3 is 0 Å². The van der Waals surface area contributed by atoms with Crippen LogP contribution >= 0.6 is 23.1 Å². The third-order valence-electron chi connectivity index (χ3n) is 5.09. The van der Waals surface area contributed by atoms with Crippen LogP contribution in [0.25, 0.3) is 21.3 Å². The fraction of sp³-hybridized carbons (Fsp3) is 0.208. The molecule has 0 aliphatic heterocycles. The van der Waals surface area contributed by atoms with Gasteiger partial charge in [0.15, 0.2) is 11.5 Å². The lowest BCUT2D eigenvalue weighted by Gasteiger charge is -2.14. The SMILES string of the molecule is COc1cc(OC)c(OC)cc1CNC(=O)CSc1ncnc2scc(-c3ccc(F)cc3)c12. The Labute approximate surface area is 204 Å². The number of hydrogen-bond acceptors (Lipinski definition) is 8. The monoisotopic (exact) mass is 499 g/mol. The molecule has 0 atom stereocenters. The van der Waals surface area contributed by atoms with Crippen molar-refractivity contribution in [1.82, 2.24) is 15.3 Å². The Morgan fingerprint density at radius 2 is 1.74 bits per heavy atom. The summed E-state index contributed by atoms with van der Waals surface area (Å²) in [5.41, 5.74) is 2.55. The number of hydrogen-bond donors (Lipinski definition) is 1. The second-order valence-corrected chi connectivity index (χ2v) is 8.92. The van der Waals surface area contributed by atoms with Crippen LogP contribution in [0.1, 0.15) is 5.56 Å². The van der Waals surface area contributed by atoms with Gasteiger partial charge in [-0.2, -0.15) is 0 Å². The normalized spacial score (nSPS) is 10.8. The molecule has 0 radical (unpaired) electrons. The van der Waals surface area contributed by atoms with Crippen molar-refractivity contribution in [2.75, 3.05) is 27.1 Å². The van der Waals surface area contributed by atoms with Gasteiger partial charge in [-0.05, 0) is 23.8 Å². The summed E-state index contributed by atoms with van der Waals surface area (Å²) in [6, 6.07) is 9.79. The van der Waals surface area contributed by atoms with E-state index in [1.165, 1.54) is 41.6 Å². The fourth-order valence-electron chi connectivity index (χ4n) is 3.41. The molecule has 0 unspecified atom stereocenters. The molecule has 34 heavy (non-hydrogen) atoms. The van der Waals surface area contributed by atoms with Crippen LogP contribution in [-0.2, 0) is 11.3 Å². The number of nitrogens with one attached hydrogen (secondary N) is 1. The largest absolute Gasteiger partial charge is 0.496 e. The zero-order valence-corrected chi connectivity index (χ0v) is 20.4. The Balaban J connectivity index is 1.47. The molecule has 0 spiro atoms. The van der Waals surface area contributed by atoms with Crippen LogP contribution in [0, 0.1) is 5.82 Å². The number of aromatic nitrogens is 2. The summed E-state index contributed by atoms with van der Waals surface area (Å²) in [4.78, 5) is 22.2. The van der Waals surface area contributed by atoms with E-state index in [-0.39, 0.29) is 24.0 Å². The predicted octanol–water partition coefficient (Wildman–Crippen LogP) is 4.93. The maximum absolute atomic E-state index is 13.4. The van der Waals surface area contributed by atoms with Crippen LogP contribution < -0.4 is 19.5 Å². The van der Waals surface area contributed by atoms with Crippen LogP contribution in [0.5, 0.6) is 17.2 Å². The average molecular weight is 500 g/mol. The number of amides is 1. The Kier molecular flexibility index (Phi) is 7.49. The second kappa shape index (κ2) is 10.7. The van der Waals surface area contributed by atoms with Crippen LogP contribution in [0.4, 0.5) is 4.39 Å². The van der Waals surface area contributed by atoms with Gasteiger partial charge in [0.25, 0.3) is 0 Å². The smallest absolute Gasteiger partial charge is 0.230 e. The third kappa shape index (κ3) is 5.07. The van der Waals surface area contributed by atoms with Gasteiger partial charge in [-0.15, -0.1) is 11.3 Å². The van der Waals surface area contributed by atoms with Crippen molar-refractivity contribution in [2.45, 2.75) is 11.6 Å². The number of rotatable bonds is 9. The van der Waals surface area contributed by atoms with Crippen LogP contribution in [-0.4, -0.2) is 43.0 Å². The Morgan fingerprint density at radius 3 is 2.44 bits per heavy atom. The minimum absolute atomic E-state index is 0.160. The zero-order valence-electron chi connectivity index (χ0n) is 18.8. The van der Waals surface area contributed by atoms with Gasteiger partial charge in [0.2, 0.25) is 5.91 Å². The molecular weight excluding hydrogens is 477 g/mol. The zero-order chi connectivity index (χ0) is 24.1. The van der Waals surface area contributed by atoms with E-state index in [0.29, 0.717) is 22.3 Å². The first-order valence-electron chi connectivity index (χ1n) is 10.2. The molecule has 4 aromatic rings. The Morgan fingerprint density at radius 1 is 1.03 bits per heavy atom. The lowest BCUT2D eigenvalue weighted by Crippen LogP contribution is -2.25. The van der Waals surface area contributed by atoms with Gasteiger partial charge in [0.1, 0.15) is 27.8 Å². The van der Waals surface area contributed by atoms with Gasteiger partial charge < -0.3 is 19.5 Å². The Hall–Kier alpha value is -3.37. The first kappa shape index (κ1) is 23.8. The molecule has 7 nitrogen and oxygen atoms in total. The van der Waals surface area contributed by atoms with Crippen LogP contribution in [0.15, 0.2) is 53.1 Å². The summed E-state index contributed by atoms with van der Waals surface area (Å²) in [6.07, 6.45) is 1.49. The molecule has 1 amide bonds. The van der Waals surface area contributed by atoms with E-state index in [4.69, 9.17) is 14.2 Å². The van der Waals surface area contributed by atoms with Gasteiger partial charge in [0, 0.05) is 29.1 Å². The molecule has 176 valence electrons. The summed E-state index contributed by atoms with van der Waals surface area (Å²) >= 11 is 2.81. The maximum Gasteiger partial charge on any atom is 0.230 e. The van der Waals surface area contributed by atoms with E-state index < -0.39 is 0 Å². The van der Waals surface area contributed by atoms with Gasteiger partial charge in [-0.25, -0.2) is 14.4 Å². The number of nitrogens with zero attached hydrogens (tertiary/aromatic N) is 2. The molecule has 0 aliphatic carbocycles. The maximum atomic E-state index is 13.4. The quantitative estimate of drug-likeness (QED) is 0.258. The molecule has 0 bridgehead atoms. The highest BCUT2D eigenvalue weighted by Crippen LogP contribution is 2.38. The average Bonchev–Trinajstić information content (AvgIpc) is 3.31. The van der Waals surface area contributed by atoms with Crippen molar-refractivity contribution < 1.29 is 23.4 Å². The summed E-state index contributed by atoms with van der Waals surface area (Å²) in [5.74, 6) is 1.40. The predicted molar refractivity (Wildman–Crippen MR) is 131 cm³/mol. The second-order valence-electron chi connectivity index (χ2n) is 7.10. The highest BCUT2D eigenvalue weighted by molar-refractivity contribution is 8.00. The molecule has 0 fully saturated rings. The van der Waals surface area contributed by atoms with Crippen LogP contribution in [0.3, 0.4) is 0 Å². The minimum atomic E-state index is -0.295. The first-order valence-corrected chi connectivity index (χ1v) is 12.1. The molecule has 1 N–H and O–H groups in total. The van der Waals surface area contributed by atoms with Crippen molar-refractivity contribution in [3.63, 3.8) is 0 Å². The number of carbonyl (C=O) groups is 1. The summed E-state index contributed by atoms with van der Waals surface area (Å²) < 4.78 is 29.4. The van der Waals surface area contributed by atoms with Crippen molar-refractivity contribution in [3.05, 3.63) is 59.5 Å². The highest BCUT2D eigenvalue weighted by Gasteiger charge is 2.16. The number of thioether (sulfide) groups is 1. The summed E-state index contributed by atoms with van der Waals surface area (Å²) in [7, 11) is 4.66. The van der Waals surface area contributed by atoms with E-state index >= 15 is 0 Å². The van der Waals surface area contributed by atoms with E-state index in [1.54, 1.807) is 45.6 Å². The minimum Gasteiger partial charge on any atom is -0.496 e. The first-order chi connectivity index (χ1) is 16.5. The fourth-order valence-corrected chi connectivity index (χ4v) is 5.23. The van der Waals surface area contributed by atoms with Gasteiger partial charge in [-0.1, -0.05) is 23.9 Å². The van der Waals surface area contributed by atoms with Crippen molar-refractivity contribution in [3.8, 4) is 28.4 Å². The molecule has 2 aromatic heterocycles. The lowest BCUT2D eigenvalue weighted by atomic mass is 10.1. The lowest BCUT2D eigenvalue weighted by molar-refractivity contribution is -0.118. The standard InChI is InChI=1S/C24H22FN3O4S2/c1-30-18-9-20(32-3)19(31-2)8-15(18)10-26-21(29)12-34-24-22-17(11-33-23(22)27-13-28-24)14-4-6-16(25)7-5-14/h4-9,11,13H,10,12H2,1-3H3,(H,26,29). The molecule has 4 rings (SSSR count). The molecular formula is C24H22FN3O4S2. The summed E-state index contributed by atoms with van der Waals surface area (Å²) in [5, 5.41) is 6.44.